The van der Waals surface area contributed by atoms with Crippen LogP contribution in [-0.4, -0.2) is 51.5 Å². The predicted molar refractivity (Wildman–Crippen MR) is 104 cm³/mol. The number of carboxylic acid groups (broad SMARTS) is 1. The Bertz CT molecular complexity index is 1050. The van der Waals surface area contributed by atoms with E-state index in [2.05, 4.69) is 9.97 Å². The van der Waals surface area contributed by atoms with Gasteiger partial charge in [0, 0.05) is 36.0 Å². The number of rotatable bonds is 2. The molecule has 144 valence electrons. The van der Waals surface area contributed by atoms with Crippen LogP contribution in [0.5, 0.6) is 0 Å². The predicted octanol–water partition coefficient (Wildman–Crippen LogP) is 3.03. The molecule has 3 aromatic rings. The number of likely N-dealkylation sites (tertiary alicyclic amines) is 1. The molecular formula is C20H19N3O4S. The fraction of sp³-hybridized carbons (Fsp3) is 0.350. The van der Waals surface area contributed by atoms with E-state index in [0.717, 1.165) is 22.2 Å². The Balaban J connectivity index is 1.36. The molecule has 2 aliphatic rings. The highest BCUT2D eigenvalue weighted by Gasteiger charge is 2.43. The van der Waals surface area contributed by atoms with Gasteiger partial charge in [-0.2, -0.15) is 0 Å². The van der Waals surface area contributed by atoms with E-state index in [1.54, 1.807) is 12.3 Å². The SMILES string of the molecule is O=C(O)c1cc2c(s1)CCOC21CCN(C(=O)c2cc3cccnc3[nH]2)CC1. The summed E-state index contributed by atoms with van der Waals surface area (Å²) in [7, 11) is 0. The second kappa shape index (κ2) is 6.42. The number of hydrogen-bond acceptors (Lipinski definition) is 5. The molecule has 5 rings (SSSR count). The molecular weight excluding hydrogens is 378 g/mol. The number of pyridine rings is 1. The number of carbonyl (C=O) groups excluding carboxylic acids is 1. The first-order chi connectivity index (χ1) is 13.6. The Morgan fingerprint density at radius 2 is 2.11 bits per heavy atom. The van der Waals surface area contributed by atoms with Crippen LogP contribution in [0, 0.1) is 0 Å². The van der Waals surface area contributed by atoms with Gasteiger partial charge in [0.05, 0.1) is 12.2 Å². The molecule has 2 N–H and O–H groups in total. The summed E-state index contributed by atoms with van der Waals surface area (Å²) in [4.78, 5) is 34.9. The van der Waals surface area contributed by atoms with Crippen molar-refractivity contribution in [2.75, 3.05) is 19.7 Å². The monoisotopic (exact) mass is 397 g/mol. The van der Waals surface area contributed by atoms with Gasteiger partial charge in [-0.3, -0.25) is 4.79 Å². The van der Waals surface area contributed by atoms with Crippen LogP contribution in [0.1, 0.15) is 43.4 Å². The molecule has 28 heavy (non-hydrogen) atoms. The zero-order chi connectivity index (χ0) is 19.3. The first-order valence-corrected chi connectivity index (χ1v) is 10.1. The Labute approximate surface area is 165 Å². The zero-order valence-electron chi connectivity index (χ0n) is 15.1. The van der Waals surface area contributed by atoms with Gasteiger partial charge in [-0.25, -0.2) is 9.78 Å². The normalized spacial score (nSPS) is 18.4. The summed E-state index contributed by atoms with van der Waals surface area (Å²) in [5.41, 5.74) is 1.78. The van der Waals surface area contributed by atoms with Gasteiger partial charge in [0.1, 0.15) is 16.2 Å². The third-order valence-corrected chi connectivity index (χ3v) is 6.88. The lowest BCUT2D eigenvalue weighted by molar-refractivity contribution is -0.0926. The molecule has 1 amide bonds. The van der Waals surface area contributed by atoms with E-state index >= 15 is 0 Å². The molecule has 5 heterocycles. The van der Waals surface area contributed by atoms with E-state index in [9.17, 15) is 14.7 Å². The zero-order valence-corrected chi connectivity index (χ0v) is 15.9. The maximum atomic E-state index is 12.9. The van der Waals surface area contributed by atoms with Crippen molar-refractivity contribution >= 4 is 34.2 Å². The van der Waals surface area contributed by atoms with Crippen molar-refractivity contribution < 1.29 is 19.4 Å². The number of fused-ring (bicyclic) bond motifs is 3. The quantitative estimate of drug-likeness (QED) is 0.693. The van der Waals surface area contributed by atoms with Crippen molar-refractivity contribution in [3.8, 4) is 0 Å². The van der Waals surface area contributed by atoms with Crippen LogP contribution >= 0.6 is 11.3 Å². The van der Waals surface area contributed by atoms with Gasteiger partial charge in [0.25, 0.3) is 5.91 Å². The van der Waals surface area contributed by atoms with Crippen LogP contribution in [0.25, 0.3) is 11.0 Å². The Hall–Kier alpha value is -2.71. The number of ether oxygens (including phenoxy) is 1. The molecule has 0 bridgehead atoms. The number of nitrogens with one attached hydrogen (secondary N) is 1. The van der Waals surface area contributed by atoms with E-state index in [1.807, 2.05) is 23.1 Å². The lowest BCUT2D eigenvalue weighted by atomic mass is 9.82. The molecule has 0 unspecified atom stereocenters. The molecule has 0 aliphatic carbocycles. The highest BCUT2D eigenvalue weighted by molar-refractivity contribution is 7.14. The summed E-state index contributed by atoms with van der Waals surface area (Å²) < 4.78 is 6.17. The second-order valence-electron chi connectivity index (χ2n) is 7.26. The molecule has 1 spiro atoms. The number of piperidine rings is 1. The van der Waals surface area contributed by atoms with Gasteiger partial charge in [-0.15, -0.1) is 11.3 Å². The largest absolute Gasteiger partial charge is 0.477 e. The molecule has 3 aromatic heterocycles. The van der Waals surface area contributed by atoms with Gasteiger partial charge >= 0.3 is 5.97 Å². The molecule has 0 aromatic carbocycles. The molecule has 8 heteroatoms. The highest BCUT2D eigenvalue weighted by atomic mass is 32.1. The van der Waals surface area contributed by atoms with Gasteiger partial charge < -0.3 is 19.7 Å². The Morgan fingerprint density at radius 1 is 1.29 bits per heavy atom. The van der Waals surface area contributed by atoms with Crippen molar-refractivity contribution in [1.29, 1.82) is 0 Å². The first-order valence-electron chi connectivity index (χ1n) is 9.29. The van der Waals surface area contributed by atoms with Crippen molar-refractivity contribution in [2.24, 2.45) is 0 Å². The molecule has 1 saturated heterocycles. The topological polar surface area (TPSA) is 95.5 Å². The minimum atomic E-state index is -0.894. The second-order valence-corrected chi connectivity index (χ2v) is 8.40. The van der Waals surface area contributed by atoms with E-state index in [-0.39, 0.29) is 5.91 Å². The molecule has 2 aliphatic heterocycles. The summed E-state index contributed by atoms with van der Waals surface area (Å²) in [6, 6.07) is 7.37. The van der Waals surface area contributed by atoms with Gasteiger partial charge in [0.15, 0.2) is 0 Å². The fourth-order valence-electron chi connectivity index (χ4n) is 4.25. The van der Waals surface area contributed by atoms with Crippen molar-refractivity contribution in [3.63, 3.8) is 0 Å². The fourth-order valence-corrected chi connectivity index (χ4v) is 5.32. The summed E-state index contributed by atoms with van der Waals surface area (Å²) >= 11 is 1.35. The van der Waals surface area contributed by atoms with Crippen molar-refractivity contribution in [3.05, 3.63) is 51.5 Å². The maximum absolute atomic E-state index is 12.9. The lowest BCUT2D eigenvalue weighted by Gasteiger charge is -2.44. The van der Waals surface area contributed by atoms with Crippen molar-refractivity contribution in [2.45, 2.75) is 24.9 Å². The number of hydrogen-bond donors (Lipinski definition) is 2. The van der Waals surface area contributed by atoms with Gasteiger partial charge in [0.2, 0.25) is 0 Å². The third-order valence-electron chi connectivity index (χ3n) is 5.70. The average molecular weight is 397 g/mol. The van der Waals surface area contributed by atoms with E-state index < -0.39 is 11.6 Å². The van der Waals surface area contributed by atoms with Crippen LogP contribution < -0.4 is 0 Å². The summed E-state index contributed by atoms with van der Waals surface area (Å²) in [5, 5.41) is 10.2. The number of aromatic nitrogens is 2. The smallest absolute Gasteiger partial charge is 0.345 e. The summed E-state index contributed by atoms with van der Waals surface area (Å²) in [6.45, 7) is 1.73. The number of carboxylic acids is 1. The number of H-pyrrole nitrogens is 1. The average Bonchev–Trinajstić information content (AvgIpc) is 3.33. The van der Waals surface area contributed by atoms with E-state index in [0.29, 0.717) is 48.8 Å². The molecule has 1 fully saturated rings. The van der Waals surface area contributed by atoms with Crippen LogP contribution in [0.4, 0.5) is 0 Å². The van der Waals surface area contributed by atoms with Crippen molar-refractivity contribution in [1.82, 2.24) is 14.9 Å². The minimum Gasteiger partial charge on any atom is -0.477 e. The highest BCUT2D eigenvalue weighted by Crippen LogP contribution is 2.44. The number of aromatic amines is 1. The minimum absolute atomic E-state index is 0.0413. The number of carbonyl (C=O) groups is 2. The molecule has 0 saturated carbocycles. The molecule has 0 atom stereocenters. The van der Waals surface area contributed by atoms with Crippen LogP contribution in [0.15, 0.2) is 30.5 Å². The molecule has 0 radical (unpaired) electrons. The number of thiophene rings is 1. The summed E-state index contributed by atoms with van der Waals surface area (Å²) in [5.74, 6) is -0.935. The third kappa shape index (κ3) is 2.71. The van der Waals surface area contributed by atoms with E-state index in [4.69, 9.17) is 4.74 Å². The van der Waals surface area contributed by atoms with E-state index in [1.165, 1.54) is 11.3 Å². The number of amides is 1. The number of aromatic carboxylic acids is 1. The standard InChI is InChI=1S/C20H19N3O4S/c24-18(14-10-12-2-1-6-21-17(12)22-14)23-7-4-20(5-8-23)13-11-16(19(25)26)28-15(13)3-9-27-20/h1-2,6,10-11H,3-5,7-9H2,(H,21,22)(H,25,26). The molecule has 7 nitrogen and oxygen atoms in total. The lowest BCUT2D eigenvalue weighted by Crippen LogP contribution is -2.48. The number of nitrogens with zero attached hydrogens (tertiary/aromatic N) is 2. The Kier molecular flexibility index (Phi) is 3.99. The van der Waals surface area contributed by atoms with Gasteiger partial charge in [-0.1, -0.05) is 0 Å². The van der Waals surface area contributed by atoms with Crippen LogP contribution in [-0.2, 0) is 16.8 Å². The van der Waals surface area contributed by atoms with Gasteiger partial charge in [-0.05, 0) is 42.7 Å². The van der Waals surface area contributed by atoms with Crippen LogP contribution in [0.3, 0.4) is 0 Å². The van der Waals surface area contributed by atoms with Crippen LogP contribution in [0.2, 0.25) is 0 Å². The maximum Gasteiger partial charge on any atom is 0.345 e. The first kappa shape index (κ1) is 17.4. The summed E-state index contributed by atoms with van der Waals surface area (Å²) in [6.07, 6.45) is 3.78. The Morgan fingerprint density at radius 3 is 2.86 bits per heavy atom.